The Labute approximate surface area is 118 Å². The predicted octanol–water partition coefficient (Wildman–Crippen LogP) is 2.80. The molecule has 19 heavy (non-hydrogen) atoms. The highest BCUT2D eigenvalue weighted by Gasteiger charge is 2.33. The van der Waals surface area contributed by atoms with Crippen molar-refractivity contribution >= 4 is 5.91 Å². The van der Waals surface area contributed by atoms with E-state index in [9.17, 15) is 4.79 Å². The fourth-order valence-electron chi connectivity index (χ4n) is 3.67. The zero-order chi connectivity index (χ0) is 13.8. The smallest absolute Gasteiger partial charge is 0.226 e. The maximum absolute atomic E-state index is 12.8. The summed E-state index contributed by atoms with van der Waals surface area (Å²) in [7, 11) is 0. The molecule has 3 heteroatoms. The molecule has 0 aromatic rings. The summed E-state index contributed by atoms with van der Waals surface area (Å²) in [5, 5.41) is 3.44. The van der Waals surface area contributed by atoms with Gasteiger partial charge in [-0.1, -0.05) is 13.8 Å². The molecule has 3 nitrogen and oxygen atoms in total. The molecule has 2 rings (SSSR count). The first-order chi connectivity index (χ1) is 9.08. The maximum Gasteiger partial charge on any atom is 0.226 e. The Balaban J connectivity index is 1.98. The molecule has 0 radical (unpaired) electrons. The topological polar surface area (TPSA) is 32.3 Å². The second-order valence-electron chi connectivity index (χ2n) is 6.89. The van der Waals surface area contributed by atoms with Crippen LogP contribution >= 0.6 is 0 Å². The molecule has 2 fully saturated rings. The van der Waals surface area contributed by atoms with Crippen LogP contribution in [0.2, 0.25) is 0 Å². The van der Waals surface area contributed by atoms with Gasteiger partial charge in [0.05, 0.1) is 0 Å². The largest absolute Gasteiger partial charge is 0.339 e. The lowest BCUT2D eigenvalue weighted by atomic mass is 9.88. The highest BCUT2D eigenvalue weighted by molar-refractivity contribution is 5.79. The van der Waals surface area contributed by atoms with Gasteiger partial charge in [-0.15, -0.1) is 0 Å². The molecular formula is C16H30N2O. The molecule has 2 saturated heterocycles. The number of amides is 1. The van der Waals surface area contributed by atoms with Crippen LogP contribution in [-0.4, -0.2) is 36.0 Å². The van der Waals surface area contributed by atoms with Crippen molar-refractivity contribution < 1.29 is 4.79 Å². The zero-order valence-electron chi connectivity index (χ0n) is 12.8. The normalized spacial score (nSPS) is 32.6. The minimum atomic E-state index is 0.268. The summed E-state index contributed by atoms with van der Waals surface area (Å²) in [4.78, 5) is 15.0. The van der Waals surface area contributed by atoms with Gasteiger partial charge in [-0.2, -0.15) is 0 Å². The third-order valence-corrected chi connectivity index (χ3v) is 4.63. The summed E-state index contributed by atoms with van der Waals surface area (Å²) in [5.74, 6) is 1.40. The van der Waals surface area contributed by atoms with Crippen molar-refractivity contribution in [1.29, 1.82) is 0 Å². The first-order valence-corrected chi connectivity index (χ1v) is 8.11. The third kappa shape index (κ3) is 3.95. The molecule has 0 aliphatic carbocycles. The third-order valence-electron chi connectivity index (χ3n) is 4.63. The Morgan fingerprint density at radius 2 is 2.11 bits per heavy atom. The molecule has 1 N–H and O–H groups in total. The second-order valence-corrected chi connectivity index (χ2v) is 6.89. The molecule has 0 spiro atoms. The molecule has 3 atom stereocenters. The molecule has 2 heterocycles. The van der Waals surface area contributed by atoms with Crippen LogP contribution in [0.25, 0.3) is 0 Å². The summed E-state index contributed by atoms with van der Waals surface area (Å²) in [5.41, 5.74) is 0. The average molecular weight is 266 g/mol. The van der Waals surface area contributed by atoms with Crippen molar-refractivity contribution in [2.24, 2.45) is 11.8 Å². The van der Waals surface area contributed by atoms with Crippen LogP contribution in [0.4, 0.5) is 0 Å². The second kappa shape index (κ2) is 6.74. The molecule has 1 amide bonds. The van der Waals surface area contributed by atoms with E-state index in [4.69, 9.17) is 0 Å². The van der Waals surface area contributed by atoms with E-state index >= 15 is 0 Å². The summed E-state index contributed by atoms with van der Waals surface area (Å²) >= 11 is 0. The number of nitrogens with one attached hydrogen (secondary N) is 1. The Hall–Kier alpha value is -0.570. The maximum atomic E-state index is 12.8. The summed E-state index contributed by atoms with van der Waals surface area (Å²) < 4.78 is 0. The van der Waals surface area contributed by atoms with E-state index in [0.29, 0.717) is 23.9 Å². The first kappa shape index (κ1) is 14.8. The zero-order valence-corrected chi connectivity index (χ0v) is 12.8. The van der Waals surface area contributed by atoms with E-state index in [1.807, 2.05) is 0 Å². The minimum absolute atomic E-state index is 0.268. The number of hydrogen-bond acceptors (Lipinski definition) is 2. The van der Waals surface area contributed by atoms with Crippen molar-refractivity contribution in [2.45, 2.75) is 71.4 Å². The van der Waals surface area contributed by atoms with Crippen molar-refractivity contribution in [3.63, 3.8) is 0 Å². The highest BCUT2D eigenvalue weighted by Crippen LogP contribution is 2.27. The lowest BCUT2D eigenvalue weighted by Crippen LogP contribution is -2.50. The van der Waals surface area contributed by atoms with Crippen molar-refractivity contribution in [3.05, 3.63) is 0 Å². The number of hydrogen-bond donors (Lipinski definition) is 1. The number of carbonyl (C=O) groups excluding carboxylic acids is 1. The van der Waals surface area contributed by atoms with Gasteiger partial charge in [-0.3, -0.25) is 4.79 Å². The van der Waals surface area contributed by atoms with E-state index in [0.717, 1.165) is 25.9 Å². The molecule has 110 valence electrons. The van der Waals surface area contributed by atoms with Gasteiger partial charge in [0.15, 0.2) is 0 Å². The van der Waals surface area contributed by atoms with Gasteiger partial charge in [0, 0.05) is 24.5 Å². The van der Waals surface area contributed by atoms with E-state index in [1.165, 1.54) is 25.7 Å². The van der Waals surface area contributed by atoms with Gasteiger partial charge in [0.2, 0.25) is 5.91 Å². The lowest BCUT2D eigenvalue weighted by molar-refractivity contribution is -0.140. The highest BCUT2D eigenvalue weighted by atomic mass is 16.2. The molecular weight excluding hydrogens is 236 g/mol. The van der Waals surface area contributed by atoms with Gasteiger partial charge >= 0.3 is 0 Å². The predicted molar refractivity (Wildman–Crippen MR) is 79.0 cm³/mol. The molecule has 0 aromatic carbocycles. The molecule has 1 unspecified atom stereocenters. The fraction of sp³-hybridized carbons (Fsp3) is 0.938. The van der Waals surface area contributed by atoms with Crippen molar-refractivity contribution in [2.75, 3.05) is 13.1 Å². The van der Waals surface area contributed by atoms with E-state index < -0.39 is 0 Å². The van der Waals surface area contributed by atoms with Crippen LogP contribution in [0.1, 0.15) is 59.3 Å². The Morgan fingerprint density at radius 1 is 1.32 bits per heavy atom. The summed E-state index contributed by atoms with van der Waals surface area (Å²) in [6, 6.07) is 1.00. The monoisotopic (exact) mass is 266 g/mol. The van der Waals surface area contributed by atoms with E-state index in [2.05, 4.69) is 31.0 Å². The van der Waals surface area contributed by atoms with Crippen molar-refractivity contribution in [1.82, 2.24) is 10.2 Å². The van der Waals surface area contributed by atoms with Gasteiger partial charge in [-0.25, -0.2) is 0 Å². The quantitative estimate of drug-likeness (QED) is 0.852. The van der Waals surface area contributed by atoms with Gasteiger partial charge in [0.25, 0.3) is 0 Å². The van der Waals surface area contributed by atoms with Crippen LogP contribution in [0.3, 0.4) is 0 Å². The van der Waals surface area contributed by atoms with Gasteiger partial charge in [-0.05, 0) is 57.9 Å². The SMILES string of the molecule is CC(C)CC1CCCCN1C(=O)[C@H]1CCN[C@@H](C)C1. The molecule has 0 aromatic heterocycles. The standard InChI is InChI=1S/C16H30N2O/c1-12(2)10-15-6-4-5-9-18(15)16(19)14-7-8-17-13(3)11-14/h12-15,17H,4-11H2,1-3H3/t13-,14-,15?/m0/s1. The van der Waals surface area contributed by atoms with E-state index in [1.54, 1.807) is 0 Å². The Bertz CT molecular complexity index is 303. The number of nitrogens with zero attached hydrogens (tertiary/aromatic N) is 1. The molecule has 0 bridgehead atoms. The number of piperidine rings is 2. The van der Waals surface area contributed by atoms with E-state index in [-0.39, 0.29) is 5.92 Å². The Kier molecular flexibility index (Phi) is 5.26. The van der Waals surface area contributed by atoms with Crippen LogP contribution in [0.15, 0.2) is 0 Å². The number of rotatable bonds is 3. The molecule has 2 aliphatic heterocycles. The lowest BCUT2D eigenvalue weighted by Gasteiger charge is -2.40. The van der Waals surface area contributed by atoms with Crippen LogP contribution in [0.5, 0.6) is 0 Å². The van der Waals surface area contributed by atoms with Crippen LogP contribution in [-0.2, 0) is 4.79 Å². The van der Waals surface area contributed by atoms with Gasteiger partial charge in [0.1, 0.15) is 0 Å². The van der Waals surface area contributed by atoms with Crippen molar-refractivity contribution in [3.8, 4) is 0 Å². The Morgan fingerprint density at radius 3 is 2.79 bits per heavy atom. The summed E-state index contributed by atoms with van der Waals surface area (Å²) in [6.45, 7) is 8.73. The molecule has 2 aliphatic rings. The van der Waals surface area contributed by atoms with Gasteiger partial charge < -0.3 is 10.2 Å². The average Bonchev–Trinajstić information content (AvgIpc) is 2.38. The van der Waals surface area contributed by atoms with Crippen LogP contribution in [0, 0.1) is 11.8 Å². The summed E-state index contributed by atoms with van der Waals surface area (Å²) in [6.07, 6.45) is 6.92. The number of carbonyl (C=O) groups is 1. The molecule has 0 saturated carbocycles. The minimum Gasteiger partial charge on any atom is -0.339 e. The van der Waals surface area contributed by atoms with Crippen LogP contribution < -0.4 is 5.32 Å². The first-order valence-electron chi connectivity index (χ1n) is 8.11. The number of likely N-dealkylation sites (tertiary alicyclic amines) is 1. The fourth-order valence-corrected chi connectivity index (χ4v) is 3.67.